The molecule has 1 aliphatic rings. The van der Waals surface area contributed by atoms with Gasteiger partial charge in [-0.05, 0) is 30.5 Å². The van der Waals surface area contributed by atoms with Crippen LogP contribution in [0.1, 0.15) is 24.4 Å². The summed E-state index contributed by atoms with van der Waals surface area (Å²) in [5.41, 5.74) is 1.06. The maximum absolute atomic E-state index is 12.4. The van der Waals surface area contributed by atoms with Crippen LogP contribution >= 0.6 is 0 Å². The molecule has 1 fully saturated rings. The zero-order valence-corrected chi connectivity index (χ0v) is 14.0. The van der Waals surface area contributed by atoms with Crippen molar-refractivity contribution in [3.63, 3.8) is 0 Å². The first-order chi connectivity index (χ1) is 11.7. The molecule has 7 nitrogen and oxygen atoms in total. The van der Waals surface area contributed by atoms with E-state index in [0.717, 1.165) is 18.5 Å². The van der Waals surface area contributed by atoms with E-state index >= 15 is 0 Å². The Bertz CT molecular complexity index is 687. The Hall–Kier alpha value is -2.57. The fourth-order valence-electron chi connectivity index (χ4n) is 3.04. The second kappa shape index (κ2) is 7.33. The molecular weight excluding hydrogens is 308 g/mol. The highest BCUT2D eigenvalue weighted by Crippen LogP contribution is 2.28. The van der Waals surface area contributed by atoms with Gasteiger partial charge in [0, 0.05) is 25.7 Å². The van der Waals surface area contributed by atoms with Crippen molar-refractivity contribution in [2.45, 2.75) is 25.3 Å². The Balaban J connectivity index is 1.54. The van der Waals surface area contributed by atoms with Crippen molar-refractivity contribution >= 4 is 5.91 Å². The van der Waals surface area contributed by atoms with E-state index in [1.807, 2.05) is 34.0 Å². The summed E-state index contributed by atoms with van der Waals surface area (Å²) in [6.07, 6.45) is 5.61. The highest BCUT2D eigenvalue weighted by Gasteiger charge is 2.27. The lowest BCUT2D eigenvalue weighted by Crippen LogP contribution is -2.29. The zero-order chi connectivity index (χ0) is 16.9. The monoisotopic (exact) mass is 330 g/mol. The van der Waals surface area contributed by atoms with Gasteiger partial charge in [0.05, 0.1) is 26.5 Å². The van der Waals surface area contributed by atoms with Gasteiger partial charge in [-0.3, -0.25) is 4.79 Å². The molecule has 2 heterocycles. The van der Waals surface area contributed by atoms with Crippen molar-refractivity contribution in [2.24, 2.45) is 0 Å². The van der Waals surface area contributed by atoms with Gasteiger partial charge < -0.3 is 14.4 Å². The number of ether oxygens (including phenoxy) is 2. The number of aromatic nitrogens is 3. The summed E-state index contributed by atoms with van der Waals surface area (Å²) in [5.74, 6) is 1.56. The van der Waals surface area contributed by atoms with Crippen molar-refractivity contribution in [1.82, 2.24) is 19.9 Å². The molecule has 0 saturated carbocycles. The number of amides is 1. The SMILES string of the molecule is COc1ccc(CCC(=O)N2CC[C@H](n3ccnn3)C2)cc1OC. The van der Waals surface area contributed by atoms with Crippen LogP contribution in [-0.2, 0) is 11.2 Å². The quantitative estimate of drug-likeness (QED) is 0.806. The number of carbonyl (C=O) groups is 1. The van der Waals surface area contributed by atoms with Crippen LogP contribution in [0.15, 0.2) is 30.6 Å². The third-order valence-electron chi connectivity index (χ3n) is 4.41. The molecule has 1 aromatic carbocycles. The first-order valence-electron chi connectivity index (χ1n) is 8.05. The molecule has 1 aromatic heterocycles. The maximum Gasteiger partial charge on any atom is 0.222 e. The van der Waals surface area contributed by atoms with Crippen LogP contribution in [0, 0.1) is 0 Å². The predicted octanol–water partition coefficient (Wildman–Crippen LogP) is 1.70. The van der Waals surface area contributed by atoms with E-state index in [-0.39, 0.29) is 11.9 Å². The predicted molar refractivity (Wildman–Crippen MR) is 88.1 cm³/mol. The number of nitrogens with zero attached hydrogens (tertiary/aromatic N) is 4. The van der Waals surface area contributed by atoms with Crippen LogP contribution in [0.2, 0.25) is 0 Å². The smallest absolute Gasteiger partial charge is 0.222 e. The van der Waals surface area contributed by atoms with E-state index in [1.54, 1.807) is 20.4 Å². The number of rotatable bonds is 6. The van der Waals surface area contributed by atoms with Crippen LogP contribution < -0.4 is 9.47 Å². The van der Waals surface area contributed by atoms with Crippen molar-refractivity contribution < 1.29 is 14.3 Å². The molecule has 128 valence electrons. The van der Waals surface area contributed by atoms with Crippen LogP contribution in [-0.4, -0.2) is 53.1 Å². The second-order valence-electron chi connectivity index (χ2n) is 5.85. The first-order valence-corrected chi connectivity index (χ1v) is 8.05. The van der Waals surface area contributed by atoms with Crippen LogP contribution in [0.5, 0.6) is 11.5 Å². The second-order valence-corrected chi connectivity index (χ2v) is 5.85. The van der Waals surface area contributed by atoms with Crippen LogP contribution in [0.4, 0.5) is 0 Å². The van der Waals surface area contributed by atoms with Crippen molar-refractivity contribution in [1.29, 1.82) is 0 Å². The number of hydrogen-bond acceptors (Lipinski definition) is 5. The third kappa shape index (κ3) is 3.50. The van der Waals surface area contributed by atoms with E-state index in [0.29, 0.717) is 30.9 Å². The standard InChI is InChI=1S/C17H22N4O3/c1-23-15-5-3-13(11-16(15)24-2)4-6-17(22)20-9-7-14(12-20)21-10-8-18-19-21/h3,5,8,10-11,14H,4,6-7,9,12H2,1-2H3/t14-/m0/s1. The van der Waals surface area contributed by atoms with E-state index in [1.165, 1.54) is 0 Å². The Morgan fingerprint density at radius 2 is 2.12 bits per heavy atom. The summed E-state index contributed by atoms with van der Waals surface area (Å²) in [6.45, 7) is 1.48. The summed E-state index contributed by atoms with van der Waals surface area (Å²) in [4.78, 5) is 14.3. The fraction of sp³-hybridized carbons (Fsp3) is 0.471. The first kappa shape index (κ1) is 16.3. The highest BCUT2D eigenvalue weighted by atomic mass is 16.5. The molecule has 0 radical (unpaired) electrons. The van der Waals surface area contributed by atoms with Crippen LogP contribution in [0.3, 0.4) is 0 Å². The number of carbonyl (C=O) groups excluding carboxylic acids is 1. The van der Waals surface area contributed by atoms with Gasteiger partial charge in [-0.1, -0.05) is 11.3 Å². The highest BCUT2D eigenvalue weighted by molar-refractivity contribution is 5.76. The van der Waals surface area contributed by atoms with Gasteiger partial charge in [0.15, 0.2) is 11.5 Å². The molecule has 3 rings (SSSR count). The molecule has 0 aliphatic carbocycles. The molecular formula is C17H22N4O3. The molecule has 1 atom stereocenters. The number of benzene rings is 1. The van der Waals surface area contributed by atoms with Crippen molar-refractivity contribution in [3.05, 3.63) is 36.2 Å². The molecule has 0 N–H and O–H groups in total. The van der Waals surface area contributed by atoms with Crippen molar-refractivity contribution in [2.75, 3.05) is 27.3 Å². The summed E-state index contributed by atoms with van der Waals surface area (Å²) in [7, 11) is 3.22. The number of likely N-dealkylation sites (tertiary alicyclic amines) is 1. The van der Waals surface area contributed by atoms with Crippen molar-refractivity contribution in [3.8, 4) is 11.5 Å². The van der Waals surface area contributed by atoms with E-state index in [4.69, 9.17) is 9.47 Å². The minimum Gasteiger partial charge on any atom is -0.493 e. The van der Waals surface area contributed by atoms with E-state index in [2.05, 4.69) is 10.3 Å². The molecule has 1 aliphatic heterocycles. The van der Waals surface area contributed by atoms with E-state index < -0.39 is 0 Å². The van der Waals surface area contributed by atoms with Gasteiger partial charge in [-0.2, -0.15) is 0 Å². The molecule has 0 spiro atoms. The molecule has 1 saturated heterocycles. The molecule has 24 heavy (non-hydrogen) atoms. The summed E-state index contributed by atoms with van der Waals surface area (Å²) in [6, 6.07) is 6.00. The van der Waals surface area contributed by atoms with Gasteiger partial charge >= 0.3 is 0 Å². The Morgan fingerprint density at radius 3 is 2.83 bits per heavy atom. The average Bonchev–Trinajstić information content (AvgIpc) is 3.30. The number of methoxy groups -OCH3 is 2. The number of hydrogen-bond donors (Lipinski definition) is 0. The lowest BCUT2D eigenvalue weighted by molar-refractivity contribution is -0.130. The van der Waals surface area contributed by atoms with Gasteiger partial charge in [0.1, 0.15) is 0 Å². The lowest BCUT2D eigenvalue weighted by atomic mass is 10.1. The average molecular weight is 330 g/mol. The molecule has 2 aromatic rings. The normalized spacial score (nSPS) is 17.1. The molecule has 1 amide bonds. The topological polar surface area (TPSA) is 69.5 Å². The molecule has 7 heteroatoms. The van der Waals surface area contributed by atoms with Gasteiger partial charge in [-0.25, -0.2) is 4.68 Å². The maximum atomic E-state index is 12.4. The lowest BCUT2D eigenvalue weighted by Gasteiger charge is -2.16. The van der Waals surface area contributed by atoms with Gasteiger partial charge in [0.2, 0.25) is 5.91 Å². The summed E-state index contributed by atoms with van der Waals surface area (Å²) >= 11 is 0. The molecule has 0 bridgehead atoms. The van der Waals surface area contributed by atoms with Gasteiger partial charge in [0.25, 0.3) is 0 Å². The van der Waals surface area contributed by atoms with Gasteiger partial charge in [-0.15, -0.1) is 5.10 Å². The summed E-state index contributed by atoms with van der Waals surface area (Å²) in [5, 5.41) is 7.85. The summed E-state index contributed by atoms with van der Waals surface area (Å²) < 4.78 is 12.4. The minimum absolute atomic E-state index is 0.174. The Kier molecular flexibility index (Phi) is 4.98. The number of aryl methyl sites for hydroxylation is 1. The Labute approximate surface area is 141 Å². The van der Waals surface area contributed by atoms with E-state index in [9.17, 15) is 4.79 Å². The Morgan fingerprint density at radius 1 is 1.29 bits per heavy atom. The van der Waals surface area contributed by atoms with Crippen LogP contribution in [0.25, 0.3) is 0 Å². The largest absolute Gasteiger partial charge is 0.493 e. The molecule has 0 unspecified atom stereocenters. The third-order valence-corrected chi connectivity index (χ3v) is 4.41. The minimum atomic E-state index is 0.174. The fourth-order valence-corrected chi connectivity index (χ4v) is 3.04. The zero-order valence-electron chi connectivity index (χ0n) is 14.0.